The molecule has 1 N–H and O–H groups in total. The fourth-order valence-corrected chi connectivity index (χ4v) is 6.15. The van der Waals surface area contributed by atoms with Crippen molar-refractivity contribution in [1.29, 1.82) is 0 Å². The van der Waals surface area contributed by atoms with E-state index in [2.05, 4.69) is 22.0 Å². The number of ether oxygens (including phenoxy) is 2. The maximum absolute atomic E-state index is 13.4. The van der Waals surface area contributed by atoms with E-state index in [0.29, 0.717) is 12.8 Å². The third kappa shape index (κ3) is 3.53. The minimum Gasteiger partial charge on any atom is -0.462 e. The van der Waals surface area contributed by atoms with Crippen molar-refractivity contribution in [3.63, 3.8) is 0 Å². The summed E-state index contributed by atoms with van der Waals surface area (Å²) in [5.74, 6) is 0.206. The van der Waals surface area contributed by atoms with Gasteiger partial charge in [0.1, 0.15) is 18.8 Å². The molecule has 0 aliphatic carbocycles. The molecule has 2 fully saturated rings. The van der Waals surface area contributed by atoms with Crippen molar-refractivity contribution < 1.29 is 19.1 Å². The molecule has 0 radical (unpaired) electrons. The molecular formula is C27H28N2O4. The molecule has 0 amide bonds. The van der Waals surface area contributed by atoms with Crippen LogP contribution >= 0.6 is 0 Å². The van der Waals surface area contributed by atoms with Crippen molar-refractivity contribution in [3.05, 3.63) is 71.4 Å². The number of carbonyl (C=O) groups excluding carboxylic acids is 2. The van der Waals surface area contributed by atoms with Gasteiger partial charge in [0.05, 0.1) is 6.04 Å². The molecule has 2 saturated heterocycles. The van der Waals surface area contributed by atoms with Crippen LogP contribution in [0.15, 0.2) is 54.6 Å². The summed E-state index contributed by atoms with van der Waals surface area (Å²) < 4.78 is 11.4. The van der Waals surface area contributed by atoms with Gasteiger partial charge in [0.25, 0.3) is 0 Å². The number of nitrogens with zero attached hydrogens (tertiary/aromatic N) is 1. The highest BCUT2D eigenvalue weighted by Gasteiger charge is 2.50. The minimum atomic E-state index is -0.351. The maximum Gasteiger partial charge on any atom is 0.324 e. The van der Waals surface area contributed by atoms with E-state index in [9.17, 15) is 9.59 Å². The normalized spacial score (nSPS) is 29.0. The summed E-state index contributed by atoms with van der Waals surface area (Å²) in [4.78, 5) is 31.5. The Bertz CT molecular complexity index is 1200. The first-order chi connectivity index (χ1) is 16.1. The van der Waals surface area contributed by atoms with Crippen molar-refractivity contribution in [2.24, 2.45) is 11.8 Å². The number of fused-ring (bicyclic) bond motifs is 6. The van der Waals surface area contributed by atoms with Gasteiger partial charge in [0.2, 0.25) is 0 Å². The minimum absolute atomic E-state index is 0.0646. The molecule has 2 aromatic carbocycles. The lowest BCUT2D eigenvalue weighted by molar-refractivity contribution is -0.172. The summed E-state index contributed by atoms with van der Waals surface area (Å²) in [6, 6.07) is 17.8. The highest BCUT2D eigenvalue weighted by molar-refractivity contribution is 5.87. The number of carbonyl (C=O) groups is 2. The number of cyclic esters (lactones) is 1. The fourth-order valence-electron chi connectivity index (χ4n) is 6.15. The van der Waals surface area contributed by atoms with Crippen molar-refractivity contribution >= 4 is 22.8 Å². The van der Waals surface area contributed by atoms with Gasteiger partial charge in [0.15, 0.2) is 0 Å². The number of hydrogen-bond donors (Lipinski definition) is 1. The molecule has 170 valence electrons. The standard InChI is InChI=1S/C27H28N2O4/c1-16-21-14-29-23(11-18(21)12-25(30)33-16)26-20(19-9-5-6-10-22(19)28-26)13-24(29)27(31)32-15-17-7-3-2-4-8-17/h2-10,16,18,21,23-24,28H,11-15H2,1H3/t16-,18-,21-,23+,24-/m1/s1. The molecule has 3 aliphatic heterocycles. The first kappa shape index (κ1) is 20.5. The van der Waals surface area contributed by atoms with Gasteiger partial charge in [-0.2, -0.15) is 0 Å². The number of H-pyrrole nitrogens is 1. The molecular weight excluding hydrogens is 416 g/mol. The highest BCUT2D eigenvalue weighted by atomic mass is 16.5. The second-order valence-corrected chi connectivity index (χ2v) is 9.65. The van der Waals surface area contributed by atoms with Gasteiger partial charge >= 0.3 is 11.9 Å². The van der Waals surface area contributed by atoms with Crippen LogP contribution in [-0.4, -0.2) is 40.5 Å². The zero-order valence-corrected chi connectivity index (χ0v) is 18.7. The highest BCUT2D eigenvalue weighted by Crippen LogP contribution is 2.48. The zero-order chi connectivity index (χ0) is 22.5. The molecule has 6 heteroatoms. The molecule has 0 spiro atoms. The van der Waals surface area contributed by atoms with E-state index in [-0.39, 0.29) is 48.6 Å². The van der Waals surface area contributed by atoms with E-state index in [1.54, 1.807) is 0 Å². The number of para-hydroxylation sites is 1. The lowest BCUT2D eigenvalue weighted by atomic mass is 9.72. The monoisotopic (exact) mass is 444 g/mol. The van der Waals surface area contributed by atoms with Crippen LogP contribution in [0.5, 0.6) is 0 Å². The quantitative estimate of drug-likeness (QED) is 0.615. The third-order valence-electron chi connectivity index (χ3n) is 7.78. The fraction of sp³-hybridized carbons (Fsp3) is 0.407. The number of hydrogen-bond acceptors (Lipinski definition) is 5. The summed E-state index contributed by atoms with van der Waals surface area (Å²) in [5, 5.41) is 1.17. The van der Waals surface area contributed by atoms with Crippen LogP contribution in [0.1, 0.15) is 42.6 Å². The number of aromatic amines is 1. The Balaban J connectivity index is 1.35. The molecule has 1 aromatic heterocycles. The van der Waals surface area contributed by atoms with E-state index >= 15 is 0 Å². The van der Waals surface area contributed by atoms with Crippen LogP contribution in [0.3, 0.4) is 0 Å². The summed E-state index contributed by atoms with van der Waals surface area (Å²) in [5.41, 5.74) is 4.48. The molecule has 0 bridgehead atoms. The Morgan fingerprint density at radius 1 is 1.12 bits per heavy atom. The average molecular weight is 445 g/mol. The lowest BCUT2D eigenvalue weighted by Gasteiger charge is -2.51. The van der Waals surface area contributed by atoms with Gasteiger partial charge in [-0.3, -0.25) is 14.5 Å². The van der Waals surface area contributed by atoms with Gasteiger partial charge in [-0.15, -0.1) is 0 Å². The van der Waals surface area contributed by atoms with Crippen LogP contribution in [0.4, 0.5) is 0 Å². The first-order valence-electron chi connectivity index (χ1n) is 11.8. The first-order valence-corrected chi connectivity index (χ1v) is 11.8. The molecule has 33 heavy (non-hydrogen) atoms. The zero-order valence-electron chi connectivity index (χ0n) is 18.7. The molecule has 0 unspecified atom stereocenters. The Labute approximate surface area is 192 Å². The molecule has 5 atom stereocenters. The topological polar surface area (TPSA) is 71.6 Å². The predicted molar refractivity (Wildman–Crippen MR) is 123 cm³/mol. The van der Waals surface area contributed by atoms with E-state index in [1.807, 2.05) is 49.4 Å². The third-order valence-corrected chi connectivity index (χ3v) is 7.78. The van der Waals surface area contributed by atoms with Crippen molar-refractivity contribution in [2.45, 2.75) is 51.0 Å². The van der Waals surface area contributed by atoms with Crippen LogP contribution in [0.25, 0.3) is 10.9 Å². The molecule has 6 nitrogen and oxygen atoms in total. The number of benzene rings is 2. The van der Waals surface area contributed by atoms with Gasteiger partial charge in [-0.25, -0.2) is 0 Å². The van der Waals surface area contributed by atoms with E-state index in [1.165, 1.54) is 16.6 Å². The van der Waals surface area contributed by atoms with Gasteiger partial charge in [0, 0.05) is 41.9 Å². The SMILES string of the molecule is C[C@H]1OC(=O)C[C@H]2C[C@H]3c4[nH]c5ccccc5c4C[C@H](C(=O)OCc4ccccc4)N3C[C@@H]21. The molecule has 0 saturated carbocycles. The van der Waals surface area contributed by atoms with Crippen molar-refractivity contribution in [3.8, 4) is 0 Å². The Morgan fingerprint density at radius 3 is 2.76 bits per heavy atom. The average Bonchev–Trinajstić information content (AvgIpc) is 3.20. The Morgan fingerprint density at radius 2 is 1.91 bits per heavy atom. The summed E-state index contributed by atoms with van der Waals surface area (Å²) >= 11 is 0. The molecule has 3 aromatic rings. The molecule has 3 aliphatic rings. The van der Waals surface area contributed by atoms with Crippen molar-refractivity contribution in [1.82, 2.24) is 9.88 Å². The molecule has 6 rings (SSSR count). The van der Waals surface area contributed by atoms with E-state index in [0.717, 1.165) is 24.0 Å². The van der Waals surface area contributed by atoms with Gasteiger partial charge in [-0.05, 0) is 36.5 Å². The van der Waals surface area contributed by atoms with E-state index < -0.39 is 0 Å². The maximum atomic E-state index is 13.4. The molecule has 4 heterocycles. The summed E-state index contributed by atoms with van der Waals surface area (Å²) in [6.45, 7) is 2.98. The predicted octanol–water partition coefficient (Wildman–Crippen LogP) is 4.15. The number of nitrogens with one attached hydrogen (secondary N) is 1. The van der Waals surface area contributed by atoms with Gasteiger partial charge in [-0.1, -0.05) is 48.5 Å². The van der Waals surface area contributed by atoms with Crippen molar-refractivity contribution in [2.75, 3.05) is 6.54 Å². The van der Waals surface area contributed by atoms with Crippen LogP contribution in [0, 0.1) is 11.8 Å². The number of aromatic nitrogens is 1. The lowest BCUT2D eigenvalue weighted by Crippen LogP contribution is -2.57. The summed E-state index contributed by atoms with van der Waals surface area (Å²) in [7, 11) is 0. The van der Waals surface area contributed by atoms with Gasteiger partial charge < -0.3 is 14.5 Å². The van der Waals surface area contributed by atoms with Crippen LogP contribution in [-0.2, 0) is 32.1 Å². The van der Waals surface area contributed by atoms with Crippen LogP contribution < -0.4 is 0 Å². The Kier molecular flexibility index (Phi) is 4.98. The largest absolute Gasteiger partial charge is 0.462 e. The number of rotatable bonds is 3. The second-order valence-electron chi connectivity index (χ2n) is 9.65. The Hall–Kier alpha value is -3.12. The smallest absolute Gasteiger partial charge is 0.324 e. The number of piperidine rings is 1. The summed E-state index contributed by atoms with van der Waals surface area (Å²) in [6.07, 6.45) is 1.78. The van der Waals surface area contributed by atoms with E-state index in [4.69, 9.17) is 9.47 Å². The number of esters is 2. The second kappa shape index (κ2) is 8.03. The van der Waals surface area contributed by atoms with Crippen LogP contribution in [0.2, 0.25) is 0 Å².